The number of fused-ring (bicyclic) bond motifs is 4. The Hall–Kier alpha value is -9.64. The molecular formula is C77H104F2N12O16. The van der Waals surface area contributed by atoms with E-state index < -0.39 is 179 Å². The zero-order chi connectivity index (χ0) is 77.4. The van der Waals surface area contributed by atoms with Gasteiger partial charge in [0.2, 0.25) is 70.9 Å². The molecule has 2 aromatic carbocycles. The van der Waals surface area contributed by atoms with Crippen LogP contribution in [0.15, 0.2) is 72.8 Å². The summed E-state index contributed by atoms with van der Waals surface area (Å²) in [6.07, 6.45) is 12.7. The Morgan fingerprint density at radius 2 is 0.953 bits per heavy atom. The number of esters is 2. The molecule has 0 radical (unpaired) electrons. The summed E-state index contributed by atoms with van der Waals surface area (Å²) < 4.78 is 40.8. The maximum Gasteiger partial charge on any atom is 0.328 e. The average Bonchev–Trinajstić information content (AvgIpc) is 1.46. The smallest absolute Gasteiger partial charge is 0.328 e. The molecule has 7 fully saturated rings. The SMILES string of the molecule is CCCCC=CC(=O)NC(Cc1cccc(F)c1)C(=O)NC1COC(=O)C2CCCN2C(=O)C(C)NC(=O)C2(CC(CCCCC=CC(=O)NC(Cc3cccc(F)c3)C(=O)NC3COC(=O)C4CCCN4C(=O)C(C)NC(=O)C(CC)(CC)N(C)C(=O)C4CCCN4C3=O)C2)N(C)C(=O)C2CCCN2C1=O. The molecule has 9 rings (SSSR count). The third-order valence-electron chi connectivity index (χ3n) is 22.3. The predicted molar refractivity (Wildman–Crippen MR) is 385 cm³/mol. The van der Waals surface area contributed by atoms with Crippen molar-refractivity contribution in [3.8, 4) is 0 Å². The lowest BCUT2D eigenvalue weighted by molar-refractivity contribution is -0.163. The number of hydrogen-bond donors (Lipinski definition) is 6. The van der Waals surface area contributed by atoms with Gasteiger partial charge in [0.25, 0.3) is 0 Å². The maximum atomic E-state index is 15.0. The van der Waals surface area contributed by atoms with E-state index >= 15 is 4.79 Å². The van der Waals surface area contributed by atoms with Crippen LogP contribution in [0.25, 0.3) is 0 Å². The quantitative estimate of drug-likeness (QED) is 0.0560. The summed E-state index contributed by atoms with van der Waals surface area (Å²) in [6.45, 7) is 7.49. The van der Waals surface area contributed by atoms with Crippen molar-refractivity contribution in [2.24, 2.45) is 5.92 Å². The van der Waals surface area contributed by atoms with Crippen LogP contribution in [0.1, 0.15) is 168 Å². The van der Waals surface area contributed by atoms with Crippen molar-refractivity contribution >= 4 is 82.8 Å². The molecule has 107 heavy (non-hydrogen) atoms. The van der Waals surface area contributed by atoms with E-state index in [1.54, 1.807) is 38.1 Å². The van der Waals surface area contributed by atoms with E-state index in [-0.39, 0.29) is 96.3 Å². The number of carbonyl (C=O) groups is 14. The lowest BCUT2D eigenvalue weighted by Crippen LogP contribution is -2.69. The molecule has 2 aromatic rings. The predicted octanol–water partition coefficient (Wildman–Crippen LogP) is 3.26. The second kappa shape index (κ2) is 36.8. The standard InChI is InChI=1S/C77H104F2N12O16/c1-8-11-12-16-33-62(92)82-54(41-49-25-18-27-52(78)39-49)64(94)85-57-46-107-73(103)61-32-23-38-91(61)67(97)48(5)81-75(105)77(87(7)71(101)59-30-21-36-89(59)69(57)99)43-51(44-77)24-15-13-14-17-34-63(93)83-55(42-50-26-19-28-53(79)40-50)65(95)84-56-45-106-72(102)60-31-22-37-90(60)66(96)47(4)80-74(104)76(9-2,10-3)86(6)70(100)58-29-20-35-88(58)68(56)98/h16-19,25-28,33-34,39-40,47-48,51,54-61H,8-15,20-24,29-32,35-38,41-46H2,1-7H3,(H,80,104)(H,81,105)(H,82,92)(H,83,93)(H,84,95)(H,85,94). The van der Waals surface area contributed by atoms with Gasteiger partial charge < -0.3 is 70.8 Å². The third kappa shape index (κ3) is 19.2. The molecule has 0 aromatic heterocycles. The summed E-state index contributed by atoms with van der Waals surface area (Å²) in [5.74, 6) is -11.2. The minimum atomic E-state index is -1.63. The van der Waals surface area contributed by atoms with Crippen LogP contribution >= 0.6 is 0 Å². The first-order valence-electron chi connectivity index (χ1n) is 37.9. The lowest BCUT2D eigenvalue weighted by atomic mass is 9.64. The van der Waals surface area contributed by atoms with Crippen molar-refractivity contribution in [1.29, 1.82) is 0 Å². The molecule has 7 aliphatic rings. The highest BCUT2D eigenvalue weighted by Gasteiger charge is 2.57. The number of likely N-dealkylation sites (N-methyl/N-ethyl adjacent to an activating group) is 2. The molecule has 1 saturated carbocycles. The Morgan fingerprint density at radius 1 is 0.542 bits per heavy atom. The van der Waals surface area contributed by atoms with Crippen molar-refractivity contribution in [2.45, 2.75) is 241 Å². The van der Waals surface area contributed by atoms with Gasteiger partial charge in [-0.2, -0.15) is 0 Å². The summed E-state index contributed by atoms with van der Waals surface area (Å²) in [5, 5.41) is 16.3. The van der Waals surface area contributed by atoms with E-state index in [1.807, 2.05) is 6.92 Å². The second-order valence-corrected chi connectivity index (χ2v) is 29.4. The van der Waals surface area contributed by atoms with Gasteiger partial charge >= 0.3 is 11.9 Å². The fourth-order valence-corrected chi connectivity index (χ4v) is 16.1. The number of allylic oxidation sites excluding steroid dienone is 2. The first-order chi connectivity index (χ1) is 51.1. The summed E-state index contributed by atoms with van der Waals surface area (Å²) >= 11 is 0. The number of carbonyl (C=O) groups excluding carboxylic acids is 14. The number of benzene rings is 2. The molecule has 10 unspecified atom stereocenters. The molecule has 6 heterocycles. The fraction of sp³-hybridized carbons (Fsp3) is 0.610. The molecule has 6 saturated heterocycles. The molecule has 6 N–H and O–H groups in total. The van der Waals surface area contributed by atoms with Gasteiger partial charge in [-0.05, 0) is 164 Å². The molecular weight excluding hydrogens is 1390 g/mol. The van der Waals surface area contributed by atoms with Crippen LogP contribution in [0.3, 0.4) is 0 Å². The third-order valence-corrected chi connectivity index (χ3v) is 22.3. The summed E-state index contributed by atoms with van der Waals surface area (Å²) in [6, 6.07) is -1.88. The Labute approximate surface area is 622 Å². The number of nitrogens with one attached hydrogen (secondary N) is 6. The lowest BCUT2D eigenvalue weighted by Gasteiger charge is -2.52. The normalized spacial score (nSPS) is 26.9. The van der Waals surface area contributed by atoms with E-state index in [0.717, 1.165) is 12.8 Å². The highest BCUT2D eigenvalue weighted by atomic mass is 19.1. The zero-order valence-electron chi connectivity index (χ0n) is 62.3. The zero-order valence-corrected chi connectivity index (χ0v) is 62.3. The number of hydrogen-bond acceptors (Lipinski definition) is 16. The van der Waals surface area contributed by atoms with Gasteiger partial charge in [-0.25, -0.2) is 18.4 Å². The summed E-state index contributed by atoms with van der Waals surface area (Å²) in [7, 11) is 2.96. The Morgan fingerprint density at radius 3 is 1.38 bits per heavy atom. The van der Waals surface area contributed by atoms with Gasteiger partial charge in [-0.15, -0.1) is 0 Å². The minimum Gasteiger partial charge on any atom is -0.461 e. The topological polar surface area (TPSA) is 349 Å². The Kier molecular flexibility index (Phi) is 28.0. The van der Waals surface area contributed by atoms with Crippen LogP contribution in [0, 0.1) is 17.6 Å². The van der Waals surface area contributed by atoms with Crippen LogP contribution in [-0.2, 0) is 89.4 Å². The van der Waals surface area contributed by atoms with E-state index in [9.17, 15) is 71.1 Å². The molecule has 28 nitrogen and oxygen atoms in total. The minimum absolute atomic E-state index is 0.0564. The van der Waals surface area contributed by atoms with E-state index in [4.69, 9.17) is 9.47 Å². The molecule has 0 bridgehead atoms. The van der Waals surface area contributed by atoms with Gasteiger partial charge in [0.05, 0.1) is 0 Å². The number of unbranched alkanes of at least 4 members (excludes halogenated alkanes) is 4. The largest absolute Gasteiger partial charge is 0.461 e. The van der Waals surface area contributed by atoms with Crippen LogP contribution in [0.2, 0.25) is 0 Å². The molecule has 10 atom stereocenters. The van der Waals surface area contributed by atoms with Gasteiger partial charge in [0.1, 0.15) is 96.3 Å². The van der Waals surface area contributed by atoms with Crippen molar-refractivity contribution in [1.82, 2.24) is 61.3 Å². The van der Waals surface area contributed by atoms with Gasteiger partial charge in [-0.1, -0.05) is 82.9 Å². The Bertz CT molecular complexity index is 3730. The molecule has 6 aliphatic heterocycles. The highest BCUT2D eigenvalue weighted by Crippen LogP contribution is 2.46. The van der Waals surface area contributed by atoms with Crippen LogP contribution in [0.4, 0.5) is 8.78 Å². The van der Waals surface area contributed by atoms with E-state index in [2.05, 4.69) is 31.9 Å². The number of ether oxygens (including phenoxy) is 2. The molecule has 582 valence electrons. The highest BCUT2D eigenvalue weighted by molar-refractivity contribution is 6.02. The van der Waals surface area contributed by atoms with Gasteiger partial charge in [-0.3, -0.25) is 57.5 Å². The number of cyclic esters (lactones) is 2. The van der Waals surface area contributed by atoms with Gasteiger partial charge in [0, 0.05) is 53.1 Å². The molecule has 30 heteroatoms. The van der Waals surface area contributed by atoms with Crippen molar-refractivity contribution in [3.63, 3.8) is 0 Å². The summed E-state index contributed by atoms with van der Waals surface area (Å²) in [5.41, 5.74) is -2.26. The maximum absolute atomic E-state index is 15.0. The first-order valence-corrected chi connectivity index (χ1v) is 37.9. The second-order valence-electron chi connectivity index (χ2n) is 29.4. The van der Waals surface area contributed by atoms with Crippen molar-refractivity contribution in [2.75, 3.05) is 53.5 Å². The average molecular weight is 1490 g/mol. The van der Waals surface area contributed by atoms with Gasteiger partial charge in [0.15, 0.2) is 0 Å². The van der Waals surface area contributed by atoms with Crippen molar-refractivity contribution in [3.05, 3.63) is 95.6 Å². The Balaban J connectivity index is 0.872. The van der Waals surface area contributed by atoms with Crippen LogP contribution in [0.5, 0.6) is 0 Å². The number of amides is 12. The number of halogens is 2. The van der Waals surface area contributed by atoms with E-state index in [1.165, 1.54) is 106 Å². The number of nitrogens with zero attached hydrogens (tertiary/aromatic N) is 6. The molecule has 1 spiro atoms. The molecule has 12 amide bonds. The van der Waals surface area contributed by atoms with E-state index in [0.29, 0.717) is 68.9 Å². The van der Waals surface area contributed by atoms with Crippen molar-refractivity contribution < 1.29 is 85.4 Å². The molecule has 1 aliphatic carbocycles. The first kappa shape index (κ1) is 81.4. The summed E-state index contributed by atoms with van der Waals surface area (Å²) in [4.78, 5) is 209. The van der Waals surface area contributed by atoms with Crippen LogP contribution in [-0.4, -0.2) is 237 Å². The number of rotatable bonds is 22. The monoisotopic (exact) mass is 1490 g/mol. The van der Waals surface area contributed by atoms with Crippen LogP contribution < -0.4 is 31.9 Å². The fourth-order valence-electron chi connectivity index (χ4n) is 16.1.